The van der Waals surface area contributed by atoms with Crippen LogP contribution in [0.2, 0.25) is 0 Å². The van der Waals surface area contributed by atoms with Gasteiger partial charge in [0.2, 0.25) is 0 Å². The van der Waals surface area contributed by atoms with Crippen molar-refractivity contribution in [3.63, 3.8) is 0 Å². The SMILES string of the molecule is OC(c1cnccn1)c1sccc1Br. The van der Waals surface area contributed by atoms with E-state index in [1.54, 1.807) is 18.6 Å². The molecule has 2 rings (SSSR count). The van der Waals surface area contributed by atoms with E-state index in [0.29, 0.717) is 5.69 Å². The molecule has 2 aromatic rings. The number of aliphatic hydroxyl groups excluding tert-OH is 1. The lowest BCUT2D eigenvalue weighted by atomic mass is 10.2. The van der Waals surface area contributed by atoms with Crippen molar-refractivity contribution < 1.29 is 5.11 Å². The average Bonchev–Trinajstić information content (AvgIpc) is 2.65. The molecule has 2 heterocycles. The predicted octanol–water partition coefficient (Wildman–Crippen LogP) is 2.38. The lowest BCUT2D eigenvalue weighted by Gasteiger charge is -2.07. The molecule has 1 N–H and O–H groups in total. The van der Waals surface area contributed by atoms with E-state index in [2.05, 4.69) is 25.9 Å². The van der Waals surface area contributed by atoms with Crippen molar-refractivity contribution in [1.29, 1.82) is 0 Å². The molecule has 14 heavy (non-hydrogen) atoms. The monoisotopic (exact) mass is 270 g/mol. The van der Waals surface area contributed by atoms with Crippen LogP contribution in [0.15, 0.2) is 34.5 Å². The van der Waals surface area contributed by atoms with Gasteiger partial charge in [-0.1, -0.05) is 0 Å². The fraction of sp³-hybridized carbons (Fsp3) is 0.111. The first-order valence-electron chi connectivity index (χ1n) is 3.96. The van der Waals surface area contributed by atoms with E-state index in [9.17, 15) is 5.11 Å². The molecule has 0 saturated carbocycles. The van der Waals surface area contributed by atoms with E-state index >= 15 is 0 Å². The topological polar surface area (TPSA) is 46.0 Å². The molecule has 0 amide bonds. The molecule has 0 aliphatic carbocycles. The number of hydrogen-bond acceptors (Lipinski definition) is 4. The van der Waals surface area contributed by atoms with Gasteiger partial charge in [-0.25, -0.2) is 0 Å². The van der Waals surface area contributed by atoms with Gasteiger partial charge in [-0.2, -0.15) is 0 Å². The summed E-state index contributed by atoms with van der Waals surface area (Å²) in [4.78, 5) is 8.81. The second-order valence-corrected chi connectivity index (χ2v) is 4.47. The second-order valence-electron chi connectivity index (χ2n) is 2.67. The Morgan fingerprint density at radius 1 is 1.43 bits per heavy atom. The van der Waals surface area contributed by atoms with E-state index in [4.69, 9.17) is 0 Å². The molecule has 2 aromatic heterocycles. The Hall–Kier alpha value is -0.780. The lowest BCUT2D eigenvalue weighted by Crippen LogP contribution is -2.00. The molecule has 3 nitrogen and oxygen atoms in total. The molecule has 72 valence electrons. The summed E-state index contributed by atoms with van der Waals surface area (Å²) in [6.45, 7) is 0. The summed E-state index contributed by atoms with van der Waals surface area (Å²) in [7, 11) is 0. The highest BCUT2D eigenvalue weighted by atomic mass is 79.9. The summed E-state index contributed by atoms with van der Waals surface area (Å²) >= 11 is 4.85. The minimum absolute atomic E-state index is 0.565. The maximum absolute atomic E-state index is 9.94. The first-order valence-corrected chi connectivity index (χ1v) is 5.63. The highest BCUT2D eigenvalue weighted by Gasteiger charge is 2.15. The Bertz CT molecular complexity index is 418. The van der Waals surface area contributed by atoms with Crippen LogP contribution < -0.4 is 0 Å². The van der Waals surface area contributed by atoms with Gasteiger partial charge in [-0.3, -0.25) is 9.97 Å². The zero-order valence-electron chi connectivity index (χ0n) is 7.09. The third kappa shape index (κ3) is 1.84. The zero-order chi connectivity index (χ0) is 9.97. The number of thiophene rings is 1. The number of rotatable bonds is 2. The Morgan fingerprint density at radius 3 is 2.86 bits per heavy atom. The maximum atomic E-state index is 9.94. The predicted molar refractivity (Wildman–Crippen MR) is 58.1 cm³/mol. The van der Waals surface area contributed by atoms with Gasteiger partial charge >= 0.3 is 0 Å². The smallest absolute Gasteiger partial charge is 0.133 e. The number of halogens is 1. The summed E-state index contributed by atoms with van der Waals surface area (Å²) in [6.07, 6.45) is 4.02. The van der Waals surface area contributed by atoms with Crippen LogP contribution in [0, 0.1) is 0 Å². The van der Waals surface area contributed by atoms with Crippen molar-refractivity contribution in [1.82, 2.24) is 9.97 Å². The van der Waals surface area contributed by atoms with E-state index in [-0.39, 0.29) is 0 Å². The molecule has 1 unspecified atom stereocenters. The van der Waals surface area contributed by atoms with Crippen LogP contribution in [0.1, 0.15) is 16.7 Å². The van der Waals surface area contributed by atoms with E-state index in [1.165, 1.54) is 11.3 Å². The van der Waals surface area contributed by atoms with Gasteiger partial charge in [0.15, 0.2) is 0 Å². The van der Waals surface area contributed by atoms with Crippen LogP contribution in [-0.4, -0.2) is 15.1 Å². The van der Waals surface area contributed by atoms with Gasteiger partial charge in [-0.05, 0) is 27.4 Å². The van der Waals surface area contributed by atoms with E-state index in [1.807, 2.05) is 11.4 Å². The summed E-state index contributed by atoms with van der Waals surface area (Å²) < 4.78 is 0.903. The second kappa shape index (κ2) is 4.16. The molecule has 0 aromatic carbocycles. The fourth-order valence-corrected chi connectivity index (χ4v) is 2.67. The first-order chi connectivity index (χ1) is 6.79. The van der Waals surface area contributed by atoms with Crippen LogP contribution in [0.4, 0.5) is 0 Å². The fourth-order valence-electron chi connectivity index (χ4n) is 1.09. The molecule has 0 spiro atoms. The summed E-state index contributed by atoms with van der Waals surface area (Å²) in [5.41, 5.74) is 0.565. The van der Waals surface area contributed by atoms with Crippen LogP contribution in [0.3, 0.4) is 0 Å². The Labute approximate surface area is 93.6 Å². The third-order valence-electron chi connectivity index (χ3n) is 1.76. The van der Waals surface area contributed by atoms with Crippen molar-refractivity contribution in [3.05, 3.63) is 45.1 Å². The Balaban J connectivity index is 2.34. The minimum Gasteiger partial charge on any atom is -0.381 e. The summed E-state index contributed by atoms with van der Waals surface area (Å²) in [5, 5.41) is 11.9. The molecule has 0 fully saturated rings. The standard InChI is InChI=1S/C9H7BrN2OS/c10-6-1-4-14-9(6)8(13)7-5-11-2-3-12-7/h1-5,8,13H. The maximum Gasteiger partial charge on any atom is 0.133 e. The Morgan fingerprint density at radius 2 is 2.29 bits per heavy atom. The van der Waals surface area contributed by atoms with Crippen LogP contribution in [0.25, 0.3) is 0 Å². The third-order valence-corrected chi connectivity index (χ3v) is 3.68. The molecule has 0 aliphatic heterocycles. The van der Waals surface area contributed by atoms with Crippen LogP contribution in [0.5, 0.6) is 0 Å². The average molecular weight is 271 g/mol. The van der Waals surface area contributed by atoms with Gasteiger partial charge in [0.25, 0.3) is 0 Å². The van der Waals surface area contributed by atoms with Gasteiger partial charge in [0.05, 0.1) is 16.8 Å². The van der Waals surface area contributed by atoms with Crippen LogP contribution >= 0.6 is 27.3 Å². The number of nitrogens with zero attached hydrogens (tertiary/aromatic N) is 2. The summed E-state index contributed by atoms with van der Waals surface area (Å²) in [6, 6.07) is 1.90. The van der Waals surface area contributed by atoms with Crippen molar-refractivity contribution >= 4 is 27.3 Å². The van der Waals surface area contributed by atoms with Crippen molar-refractivity contribution in [2.75, 3.05) is 0 Å². The molecular formula is C9H7BrN2OS. The number of aliphatic hydroxyl groups is 1. The van der Waals surface area contributed by atoms with Gasteiger partial charge in [0, 0.05) is 16.9 Å². The normalized spacial score (nSPS) is 12.7. The van der Waals surface area contributed by atoms with E-state index < -0.39 is 6.10 Å². The molecule has 0 radical (unpaired) electrons. The quantitative estimate of drug-likeness (QED) is 0.912. The zero-order valence-corrected chi connectivity index (χ0v) is 9.49. The van der Waals surface area contributed by atoms with Crippen molar-refractivity contribution in [3.8, 4) is 0 Å². The van der Waals surface area contributed by atoms with Gasteiger partial charge in [-0.15, -0.1) is 11.3 Å². The lowest BCUT2D eigenvalue weighted by molar-refractivity contribution is 0.218. The number of aromatic nitrogens is 2. The van der Waals surface area contributed by atoms with Crippen molar-refractivity contribution in [2.45, 2.75) is 6.10 Å². The highest BCUT2D eigenvalue weighted by Crippen LogP contribution is 2.31. The van der Waals surface area contributed by atoms with E-state index in [0.717, 1.165) is 9.35 Å². The highest BCUT2D eigenvalue weighted by molar-refractivity contribution is 9.10. The molecular weight excluding hydrogens is 264 g/mol. The first kappa shape index (κ1) is 9.76. The molecule has 0 aliphatic rings. The summed E-state index contributed by atoms with van der Waals surface area (Å²) in [5.74, 6) is 0. The largest absolute Gasteiger partial charge is 0.381 e. The molecule has 0 saturated heterocycles. The van der Waals surface area contributed by atoms with Crippen LogP contribution in [-0.2, 0) is 0 Å². The van der Waals surface area contributed by atoms with Gasteiger partial charge in [0.1, 0.15) is 6.10 Å². The minimum atomic E-state index is -0.696. The molecule has 5 heteroatoms. The van der Waals surface area contributed by atoms with Gasteiger partial charge < -0.3 is 5.11 Å². The Kier molecular flexibility index (Phi) is 2.90. The molecule has 1 atom stereocenters. The number of hydrogen-bond donors (Lipinski definition) is 1. The van der Waals surface area contributed by atoms with Crippen molar-refractivity contribution in [2.24, 2.45) is 0 Å². The molecule has 0 bridgehead atoms.